The van der Waals surface area contributed by atoms with E-state index in [4.69, 9.17) is 4.74 Å². The maximum atomic E-state index is 13.3. The Hall–Kier alpha value is -2.65. The maximum Gasteiger partial charge on any atom is 0.293 e. The fourth-order valence-corrected chi connectivity index (χ4v) is 6.16. The lowest BCUT2D eigenvalue weighted by molar-refractivity contribution is -0.384. The number of sulfonamides is 1. The topological polar surface area (TPSA) is 93.0 Å². The number of ether oxygens (including phenoxy) is 1. The first kappa shape index (κ1) is 21.6. The van der Waals surface area contributed by atoms with Gasteiger partial charge in [0.05, 0.1) is 34.3 Å². The molecule has 166 valence electrons. The standard InChI is InChI=1S/C22H27N3O5S/c1-2-24(17-8-4-3-5-9-17)31(28,29)18-12-13-19(21(16-18)25(26)27)23-14-15-30-22-11-7-6-10-20(22)23/h3-5,8-9,12-13,16,20,22H,2,6-7,10-11,14-15H2,1H3/t20-,22+/m1/s1. The van der Waals surface area contributed by atoms with Gasteiger partial charge in [0.15, 0.2) is 0 Å². The highest BCUT2D eigenvalue weighted by molar-refractivity contribution is 7.92. The quantitative estimate of drug-likeness (QED) is 0.494. The minimum atomic E-state index is -3.95. The zero-order valence-corrected chi connectivity index (χ0v) is 18.3. The molecule has 8 nitrogen and oxygen atoms in total. The number of nitro groups is 1. The van der Waals surface area contributed by atoms with E-state index >= 15 is 0 Å². The average molecular weight is 446 g/mol. The van der Waals surface area contributed by atoms with Crippen molar-refractivity contribution < 1.29 is 18.1 Å². The second-order valence-electron chi connectivity index (χ2n) is 7.87. The highest BCUT2D eigenvalue weighted by atomic mass is 32.2. The fraction of sp³-hybridized carbons (Fsp3) is 0.455. The van der Waals surface area contributed by atoms with Crippen molar-refractivity contribution in [1.82, 2.24) is 0 Å². The Kier molecular flexibility index (Phi) is 6.15. The first-order chi connectivity index (χ1) is 14.9. The molecule has 0 aromatic heterocycles. The number of morpholine rings is 1. The Balaban J connectivity index is 1.73. The van der Waals surface area contributed by atoms with Crippen LogP contribution in [-0.4, -0.2) is 45.2 Å². The van der Waals surface area contributed by atoms with Gasteiger partial charge in [-0.05, 0) is 44.0 Å². The summed E-state index contributed by atoms with van der Waals surface area (Å²) < 4.78 is 33.8. The van der Waals surface area contributed by atoms with E-state index in [1.54, 1.807) is 37.3 Å². The van der Waals surface area contributed by atoms with Crippen LogP contribution in [0.4, 0.5) is 17.1 Å². The van der Waals surface area contributed by atoms with Crippen LogP contribution in [0.15, 0.2) is 53.4 Å². The summed E-state index contributed by atoms with van der Waals surface area (Å²) in [7, 11) is -3.95. The summed E-state index contributed by atoms with van der Waals surface area (Å²) in [5, 5.41) is 12.0. The van der Waals surface area contributed by atoms with Gasteiger partial charge in [-0.3, -0.25) is 14.4 Å². The van der Waals surface area contributed by atoms with E-state index in [-0.39, 0.29) is 29.3 Å². The molecule has 31 heavy (non-hydrogen) atoms. The highest BCUT2D eigenvalue weighted by Gasteiger charge is 2.37. The zero-order chi connectivity index (χ0) is 22.0. The molecule has 0 bridgehead atoms. The van der Waals surface area contributed by atoms with Crippen molar-refractivity contribution in [1.29, 1.82) is 0 Å². The smallest absolute Gasteiger partial charge is 0.293 e. The number of benzene rings is 2. The van der Waals surface area contributed by atoms with Gasteiger partial charge in [0.1, 0.15) is 5.69 Å². The highest BCUT2D eigenvalue weighted by Crippen LogP contribution is 2.38. The molecule has 0 spiro atoms. The van der Waals surface area contributed by atoms with E-state index in [1.807, 2.05) is 11.0 Å². The van der Waals surface area contributed by atoms with E-state index < -0.39 is 14.9 Å². The van der Waals surface area contributed by atoms with E-state index in [0.29, 0.717) is 24.5 Å². The zero-order valence-electron chi connectivity index (χ0n) is 17.5. The number of nitrogens with zero attached hydrogens (tertiary/aromatic N) is 3. The summed E-state index contributed by atoms with van der Waals surface area (Å²) in [6.07, 6.45) is 4.09. The number of hydrogen-bond acceptors (Lipinski definition) is 6. The summed E-state index contributed by atoms with van der Waals surface area (Å²) in [4.78, 5) is 13.4. The van der Waals surface area contributed by atoms with Gasteiger partial charge in [-0.25, -0.2) is 8.42 Å². The van der Waals surface area contributed by atoms with Gasteiger partial charge in [-0.2, -0.15) is 0 Å². The second kappa shape index (κ2) is 8.84. The number of hydrogen-bond donors (Lipinski definition) is 0. The molecule has 2 atom stereocenters. The first-order valence-electron chi connectivity index (χ1n) is 10.7. The summed E-state index contributed by atoms with van der Waals surface area (Å²) in [6.45, 7) is 3.02. The van der Waals surface area contributed by atoms with E-state index in [0.717, 1.165) is 25.7 Å². The van der Waals surface area contributed by atoms with Crippen molar-refractivity contribution in [2.75, 3.05) is 28.9 Å². The minimum absolute atomic E-state index is 0.0687. The molecule has 1 saturated carbocycles. The molecule has 1 aliphatic heterocycles. The summed E-state index contributed by atoms with van der Waals surface area (Å²) in [6, 6.07) is 13.1. The van der Waals surface area contributed by atoms with Crippen molar-refractivity contribution in [2.24, 2.45) is 0 Å². The normalized spacial score (nSPS) is 21.4. The van der Waals surface area contributed by atoms with E-state index in [1.165, 1.54) is 16.4 Å². The SMILES string of the molecule is CCN(c1ccccc1)S(=O)(=O)c1ccc(N2CCO[C@H]3CCCC[C@H]32)c([N+](=O)[O-])c1. The van der Waals surface area contributed by atoms with Gasteiger partial charge in [0, 0.05) is 19.2 Å². The van der Waals surface area contributed by atoms with Crippen molar-refractivity contribution in [3.05, 3.63) is 58.6 Å². The molecule has 2 fully saturated rings. The molecule has 0 N–H and O–H groups in total. The number of para-hydroxylation sites is 1. The molecule has 1 saturated heterocycles. The number of rotatable bonds is 6. The van der Waals surface area contributed by atoms with Crippen molar-refractivity contribution in [3.63, 3.8) is 0 Å². The van der Waals surface area contributed by atoms with Crippen LogP contribution in [0.25, 0.3) is 0 Å². The van der Waals surface area contributed by atoms with Gasteiger partial charge < -0.3 is 9.64 Å². The van der Waals surface area contributed by atoms with Gasteiger partial charge in [0.2, 0.25) is 0 Å². The predicted octanol–water partition coefficient (Wildman–Crippen LogP) is 3.96. The van der Waals surface area contributed by atoms with Crippen LogP contribution in [-0.2, 0) is 14.8 Å². The van der Waals surface area contributed by atoms with Crippen molar-refractivity contribution in [2.45, 2.75) is 49.6 Å². The van der Waals surface area contributed by atoms with Gasteiger partial charge >= 0.3 is 0 Å². The van der Waals surface area contributed by atoms with Gasteiger partial charge in [0.25, 0.3) is 15.7 Å². The number of fused-ring (bicyclic) bond motifs is 1. The maximum absolute atomic E-state index is 13.3. The van der Waals surface area contributed by atoms with E-state index in [9.17, 15) is 18.5 Å². The lowest BCUT2D eigenvalue weighted by Gasteiger charge is -2.44. The number of nitro benzene ring substituents is 1. The Labute approximate surface area is 182 Å². The minimum Gasteiger partial charge on any atom is -0.374 e. The van der Waals surface area contributed by atoms with E-state index in [2.05, 4.69) is 0 Å². The Morgan fingerprint density at radius 1 is 1.16 bits per heavy atom. The van der Waals surface area contributed by atoms with Crippen LogP contribution < -0.4 is 9.21 Å². The van der Waals surface area contributed by atoms with Crippen LogP contribution in [0, 0.1) is 10.1 Å². The molecule has 1 heterocycles. The van der Waals surface area contributed by atoms with Gasteiger partial charge in [-0.15, -0.1) is 0 Å². The largest absolute Gasteiger partial charge is 0.374 e. The third-order valence-electron chi connectivity index (χ3n) is 6.10. The molecular formula is C22H27N3O5S. The second-order valence-corrected chi connectivity index (χ2v) is 9.73. The Bertz CT molecular complexity index is 1040. The third kappa shape index (κ3) is 4.12. The Morgan fingerprint density at radius 2 is 1.90 bits per heavy atom. The molecule has 0 radical (unpaired) electrons. The summed E-state index contributed by atoms with van der Waals surface area (Å²) in [5.74, 6) is 0. The van der Waals surface area contributed by atoms with Crippen molar-refractivity contribution >= 4 is 27.1 Å². The molecule has 2 aliphatic rings. The third-order valence-corrected chi connectivity index (χ3v) is 8.00. The van der Waals surface area contributed by atoms with Crippen LogP contribution in [0.3, 0.4) is 0 Å². The van der Waals surface area contributed by atoms with Crippen LogP contribution in [0.2, 0.25) is 0 Å². The summed E-state index contributed by atoms with van der Waals surface area (Å²) in [5.41, 5.74) is 0.804. The molecular weight excluding hydrogens is 418 g/mol. The molecule has 9 heteroatoms. The van der Waals surface area contributed by atoms with Crippen LogP contribution in [0.5, 0.6) is 0 Å². The van der Waals surface area contributed by atoms with Crippen LogP contribution in [0.1, 0.15) is 32.6 Å². The summed E-state index contributed by atoms with van der Waals surface area (Å²) >= 11 is 0. The lowest BCUT2D eigenvalue weighted by Crippen LogP contribution is -2.53. The Morgan fingerprint density at radius 3 is 2.61 bits per heavy atom. The molecule has 0 amide bonds. The van der Waals surface area contributed by atoms with Crippen molar-refractivity contribution in [3.8, 4) is 0 Å². The van der Waals surface area contributed by atoms with Crippen LogP contribution >= 0.6 is 0 Å². The molecule has 2 aromatic carbocycles. The molecule has 1 aliphatic carbocycles. The monoisotopic (exact) mass is 445 g/mol. The fourth-order valence-electron chi connectivity index (χ4n) is 4.66. The first-order valence-corrected chi connectivity index (χ1v) is 12.1. The molecule has 0 unspecified atom stereocenters. The average Bonchev–Trinajstić information content (AvgIpc) is 2.79. The molecule has 2 aromatic rings. The lowest BCUT2D eigenvalue weighted by atomic mass is 9.89. The van der Waals surface area contributed by atoms with Gasteiger partial charge in [-0.1, -0.05) is 31.0 Å². The predicted molar refractivity (Wildman–Crippen MR) is 119 cm³/mol. The number of anilines is 2. The molecule has 4 rings (SSSR count).